The summed E-state index contributed by atoms with van der Waals surface area (Å²) in [5.41, 5.74) is -0.0133. The molecule has 0 saturated carbocycles. The van der Waals surface area contributed by atoms with Crippen molar-refractivity contribution in [1.29, 1.82) is 0 Å². The number of halogens is 1. The summed E-state index contributed by atoms with van der Waals surface area (Å²) in [5.74, 6) is 0. The van der Waals surface area contributed by atoms with E-state index < -0.39 is 0 Å². The summed E-state index contributed by atoms with van der Waals surface area (Å²) in [6.07, 6.45) is 1.70. The molecule has 1 heterocycles. The van der Waals surface area contributed by atoms with Gasteiger partial charge in [0.25, 0.3) is 0 Å². The molecule has 0 fully saturated rings. The van der Waals surface area contributed by atoms with E-state index in [1.165, 1.54) is 0 Å². The summed E-state index contributed by atoms with van der Waals surface area (Å²) < 4.78 is 1.79. The minimum atomic E-state index is -0.0133. The average molecular weight is 159 g/mol. The molecule has 0 aliphatic heterocycles. The van der Waals surface area contributed by atoms with Crippen LogP contribution in [0.3, 0.4) is 0 Å². The molecule has 0 aromatic carbocycles. The van der Waals surface area contributed by atoms with E-state index in [1.54, 1.807) is 16.9 Å². The first-order valence-electron chi connectivity index (χ1n) is 3.22. The van der Waals surface area contributed by atoms with Crippen molar-refractivity contribution in [3.8, 4) is 0 Å². The maximum absolute atomic E-state index is 5.82. The Labute approximate surface area is 65.8 Å². The topological polar surface area (TPSA) is 17.8 Å². The van der Waals surface area contributed by atoms with Gasteiger partial charge in [0.15, 0.2) is 0 Å². The molecule has 0 radical (unpaired) electrons. The van der Waals surface area contributed by atoms with E-state index in [0.29, 0.717) is 5.15 Å². The number of hydrogen-bond acceptors (Lipinski definition) is 1. The molecular weight excluding hydrogens is 148 g/mol. The van der Waals surface area contributed by atoms with Gasteiger partial charge in [-0.2, -0.15) is 5.10 Å². The van der Waals surface area contributed by atoms with Crippen molar-refractivity contribution in [3.05, 3.63) is 17.4 Å². The van der Waals surface area contributed by atoms with Crippen LogP contribution in [0.25, 0.3) is 0 Å². The zero-order chi connectivity index (χ0) is 7.78. The highest BCUT2D eigenvalue weighted by molar-refractivity contribution is 6.29. The average Bonchev–Trinajstić information content (AvgIpc) is 2.11. The van der Waals surface area contributed by atoms with Crippen LogP contribution < -0.4 is 0 Å². The monoisotopic (exact) mass is 158 g/mol. The molecule has 2 nitrogen and oxygen atoms in total. The molecule has 0 unspecified atom stereocenters. The van der Waals surface area contributed by atoms with Crippen molar-refractivity contribution >= 4 is 11.6 Å². The van der Waals surface area contributed by atoms with Gasteiger partial charge in [0.2, 0.25) is 0 Å². The molecule has 0 amide bonds. The highest BCUT2D eigenvalue weighted by Gasteiger charge is 2.15. The Bertz CT molecular complexity index is 222. The number of aromatic nitrogens is 2. The smallest absolute Gasteiger partial charge is 0.127 e. The molecule has 1 rings (SSSR count). The van der Waals surface area contributed by atoms with E-state index in [4.69, 9.17) is 11.6 Å². The lowest BCUT2D eigenvalue weighted by molar-refractivity contribution is 0.356. The zero-order valence-corrected chi connectivity index (χ0v) is 7.18. The van der Waals surface area contributed by atoms with Crippen LogP contribution in [0, 0.1) is 0 Å². The standard InChI is InChI=1S/C7H11ClN2/c1-7(2,3)10-6(8)4-5-9-10/h4-5H,1-3H3. The maximum Gasteiger partial charge on any atom is 0.127 e. The Balaban J connectivity index is 3.05. The number of nitrogens with zero attached hydrogens (tertiary/aromatic N) is 2. The van der Waals surface area contributed by atoms with E-state index in [0.717, 1.165) is 0 Å². The largest absolute Gasteiger partial charge is 0.249 e. The van der Waals surface area contributed by atoms with Crippen molar-refractivity contribution in [2.24, 2.45) is 0 Å². The van der Waals surface area contributed by atoms with E-state index >= 15 is 0 Å². The van der Waals surface area contributed by atoms with Crippen LogP contribution in [-0.4, -0.2) is 9.78 Å². The van der Waals surface area contributed by atoms with Crippen LogP contribution >= 0.6 is 11.6 Å². The first-order chi connectivity index (χ1) is 4.52. The minimum absolute atomic E-state index is 0.0133. The highest BCUT2D eigenvalue weighted by Crippen LogP contribution is 2.18. The van der Waals surface area contributed by atoms with Crippen LogP contribution in [0.1, 0.15) is 20.8 Å². The molecule has 0 bridgehead atoms. The fourth-order valence-corrected chi connectivity index (χ4v) is 1.13. The van der Waals surface area contributed by atoms with Crippen molar-refractivity contribution in [3.63, 3.8) is 0 Å². The molecule has 3 heteroatoms. The van der Waals surface area contributed by atoms with Crippen LogP contribution in [0.5, 0.6) is 0 Å². The Kier molecular flexibility index (Phi) is 1.73. The van der Waals surface area contributed by atoms with Crippen molar-refractivity contribution in [2.45, 2.75) is 26.3 Å². The maximum atomic E-state index is 5.82. The van der Waals surface area contributed by atoms with Gasteiger partial charge in [-0.3, -0.25) is 0 Å². The number of hydrogen-bond donors (Lipinski definition) is 0. The zero-order valence-electron chi connectivity index (χ0n) is 6.43. The molecule has 0 spiro atoms. The molecule has 0 N–H and O–H groups in total. The normalized spacial score (nSPS) is 12.0. The van der Waals surface area contributed by atoms with Gasteiger partial charge in [0.05, 0.1) is 11.7 Å². The Hall–Kier alpha value is -0.500. The quantitative estimate of drug-likeness (QED) is 0.567. The first kappa shape index (κ1) is 7.61. The fraction of sp³-hybridized carbons (Fsp3) is 0.571. The van der Waals surface area contributed by atoms with E-state index in [2.05, 4.69) is 25.9 Å². The van der Waals surface area contributed by atoms with Crippen molar-refractivity contribution < 1.29 is 0 Å². The SMILES string of the molecule is CC(C)(C)n1nccc1Cl. The second kappa shape index (κ2) is 2.27. The lowest BCUT2D eigenvalue weighted by atomic mass is 10.1. The summed E-state index contributed by atoms with van der Waals surface area (Å²) >= 11 is 5.82. The van der Waals surface area contributed by atoms with Crippen LogP contribution in [0.4, 0.5) is 0 Å². The van der Waals surface area contributed by atoms with Crippen molar-refractivity contribution in [2.75, 3.05) is 0 Å². The molecule has 10 heavy (non-hydrogen) atoms. The molecule has 0 atom stereocenters. The lowest BCUT2D eigenvalue weighted by Gasteiger charge is -2.19. The molecule has 0 saturated heterocycles. The molecule has 56 valence electrons. The van der Waals surface area contributed by atoms with Gasteiger partial charge in [0.1, 0.15) is 5.15 Å². The second-order valence-corrected chi connectivity index (χ2v) is 3.62. The Morgan fingerprint density at radius 2 is 2.10 bits per heavy atom. The number of rotatable bonds is 0. The third-order valence-corrected chi connectivity index (χ3v) is 1.52. The molecule has 1 aromatic rings. The summed E-state index contributed by atoms with van der Waals surface area (Å²) in [5, 5.41) is 4.76. The van der Waals surface area contributed by atoms with Gasteiger partial charge in [-0.15, -0.1) is 0 Å². The molecule has 0 aliphatic rings. The first-order valence-corrected chi connectivity index (χ1v) is 3.59. The summed E-state index contributed by atoms with van der Waals surface area (Å²) in [6.45, 7) is 6.18. The highest BCUT2D eigenvalue weighted by atomic mass is 35.5. The lowest BCUT2D eigenvalue weighted by Crippen LogP contribution is -2.22. The Morgan fingerprint density at radius 3 is 2.30 bits per heavy atom. The third kappa shape index (κ3) is 1.32. The van der Waals surface area contributed by atoms with Crippen LogP contribution in [-0.2, 0) is 5.54 Å². The van der Waals surface area contributed by atoms with E-state index in [1.807, 2.05) is 0 Å². The molecular formula is C7H11ClN2. The van der Waals surface area contributed by atoms with Gasteiger partial charge in [-0.25, -0.2) is 4.68 Å². The van der Waals surface area contributed by atoms with Gasteiger partial charge in [-0.05, 0) is 26.8 Å². The summed E-state index contributed by atoms with van der Waals surface area (Å²) in [6, 6.07) is 1.78. The minimum Gasteiger partial charge on any atom is -0.249 e. The third-order valence-electron chi connectivity index (χ3n) is 1.23. The Morgan fingerprint density at radius 1 is 1.50 bits per heavy atom. The van der Waals surface area contributed by atoms with Gasteiger partial charge in [-0.1, -0.05) is 11.6 Å². The summed E-state index contributed by atoms with van der Waals surface area (Å²) in [4.78, 5) is 0. The van der Waals surface area contributed by atoms with Crippen molar-refractivity contribution in [1.82, 2.24) is 9.78 Å². The van der Waals surface area contributed by atoms with Gasteiger partial charge in [0, 0.05) is 0 Å². The van der Waals surface area contributed by atoms with Crippen LogP contribution in [0.2, 0.25) is 5.15 Å². The summed E-state index contributed by atoms with van der Waals surface area (Å²) in [7, 11) is 0. The predicted molar refractivity (Wildman–Crippen MR) is 42.2 cm³/mol. The van der Waals surface area contributed by atoms with Gasteiger partial charge >= 0.3 is 0 Å². The second-order valence-electron chi connectivity index (χ2n) is 3.24. The molecule has 0 aliphatic carbocycles. The van der Waals surface area contributed by atoms with E-state index in [9.17, 15) is 0 Å². The predicted octanol–water partition coefficient (Wildman–Crippen LogP) is 2.29. The van der Waals surface area contributed by atoms with Gasteiger partial charge < -0.3 is 0 Å². The van der Waals surface area contributed by atoms with Crippen LogP contribution in [0.15, 0.2) is 12.3 Å². The molecule has 1 aromatic heterocycles. The van der Waals surface area contributed by atoms with E-state index in [-0.39, 0.29) is 5.54 Å². The fourth-order valence-electron chi connectivity index (χ4n) is 0.781.